The molecule has 18 heavy (non-hydrogen) atoms. The van der Waals surface area contributed by atoms with Crippen LogP contribution in [-0.2, 0) is 6.42 Å². The van der Waals surface area contributed by atoms with Gasteiger partial charge in [0, 0.05) is 32.1 Å². The smallest absolute Gasteiger partial charge is 0.137 e. The van der Waals surface area contributed by atoms with Crippen LogP contribution in [0.25, 0.3) is 0 Å². The molecule has 0 bridgehead atoms. The van der Waals surface area contributed by atoms with Crippen LogP contribution in [-0.4, -0.2) is 30.1 Å². The maximum atomic E-state index is 4.72. The molecule has 0 unspecified atom stereocenters. The molecule has 100 valence electrons. The number of nitrogens with zero attached hydrogens (tertiary/aromatic N) is 3. The molecule has 0 amide bonds. The number of rotatable bonds is 3. The van der Waals surface area contributed by atoms with Gasteiger partial charge < -0.3 is 10.2 Å². The minimum Gasteiger partial charge on any atom is -0.373 e. The van der Waals surface area contributed by atoms with Gasteiger partial charge in [-0.1, -0.05) is 13.8 Å². The van der Waals surface area contributed by atoms with Gasteiger partial charge in [-0.15, -0.1) is 0 Å². The third-order valence-electron chi connectivity index (χ3n) is 3.80. The van der Waals surface area contributed by atoms with E-state index in [1.165, 1.54) is 18.4 Å². The van der Waals surface area contributed by atoms with Crippen LogP contribution in [0.2, 0.25) is 0 Å². The SMILES string of the molecule is CCc1nc(NC)c(C)c(N2CCC(C)CC2)n1. The summed E-state index contributed by atoms with van der Waals surface area (Å²) in [6, 6.07) is 0. The second kappa shape index (κ2) is 5.55. The van der Waals surface area contributed by atoms with Crippen molar-refractivity contribution in [1.29, 1.82) is 0 Å². The van der Waals surface area contributed by atoms with E-state index < -0.39 is 0 Å². The molecule has 1 aromatic rings. The molecule has 0 spiro atoms. The van der Waals surface area contributed by atoms with Gasteiger partial charge in [-0.05, 0) is 25.7 Å². The minimum atomic E-state index is 0.845. The minimum absolute atomic E-state index is 0.845. The highest BCUT2D eigenvalue weighted by atomic mass is 15.2. The number of aryl methyl sites for hydroxylation is 1. The molecule has 1 saturated heterocycles. The quantitative estimate of drug-likeness (QED) is 0.892. The topological polar surface area (TPSA) is 41.1 Å². The Morgan fingerprint density at radius 3 is 2.50 bits per heavy atom. The lowest BCUT2D eigenvalue weighted by Gasteiger charge is -2.32. The molecule has 2 rings (SSSR count). The zero-order chi connectivity index (χ0) is 13.1. The van der Waals surface area contributed by atoms with Gasteiger partial charge in [0.25, 0.3) is 0 Å². The maximum Gasteiger partial charge on any atom is 0.137 e. The van der Waals surface area contributed by atoms with Crippen molar-refractivity contribution < 1.29 is 0 Å². The third-order valence-corrected chi connectivity index (χ3v) is 3.80. The zero-order valence-corrected chi connectivity index (χ0v) is 12.0. The van der Waals surface area contributed by atoms with Crippen molar-refractivity contribution in [3.63, 3.8) is 0 Å². The van der Waals surface area contributed by atoms with Gasteiger partial charge in [0.15, 0.2) is 0 Å². The highest BCUT2D eigenvalue weighted by Gasteiger charge is 2.20. The van der Waals surface area contributed by atoms with E-state index in [-0.39, 0.29) is 0 Å². The maximum absolute atomic E-state index is 4.72. The van der Waals surface area contributed by atoms with Crippen LogP contribution in [0.5, 0.6) is 0 Å². The first kappa shape index (κ1) is 13.1. The van der Waals surface area contributed by atoms with Crippen molar-refractivity contribution in [1.82, 2.24) is 9.97 Å². The molecule has 1 aliphatic rings. The van der Waals surface area contributed by atoms with E-state index in [1.54, 1.807) is 0 Å². The molecule has 1 fully saturated rings. The van der Waals surface area contributed by atoms with Gasteiger partial charge in [-0.3, -0.25) is 0 Å². The van der Waals surface area contributed by atoms with E-state index in [0.717, 1.165) is 42.9 Å². The summed E-state index contributed by atoms with van der Waals surface area (Å²) in [5.41, 5.74) is 1.17. The van der Waals surface area contributed by atoms with E-state index in [0.29, 0.717) is 0 Å². The van der Waals surface area contributed by atoms with Crippen molar-refractivity contribution in [2.45, 2.75) is 40.0 Å². The predicted octanol–water partition coefficient (Wildman–Crippen LogP) is 2.63. The second-order valence-electron chi connectivity index (χ2n) is 5.21. The Bertz CT molecular complexity index is 409. The summed E-state index contributed by atoms with van der Waals surface area (Å²) >= 11 is 0. The normalized spacial score (nSPS) is 17.0. The van der Waals surface area contributed by atoms with Gasteiger partial charge in [-0.25, -0.2) is 9.97 Å². The standard InChI is InChI=1S/C14H24N4/c1-5-12-16-13(15-4)11(3)14(17-12)18-8-6-10(2)7-9-18/h10H,5-9H2,1-4H3,(H,15,16,17). The lowest BCUT2D eigenvalue weighted by molar-refractivity contribution is 0.436. The summed E-state index contributed by atoms with van der Waals surface area (Å²) < 4.78 is 0. The van der Waals surface area contributed by atoms with E-state index in [1.807, 2.05) is 7.05 Å². The Balaban J connectivity index is 2.31. The first-order chi connectivity index (χ1) is 8.65. The van der Waals surface area contributed by atoms with Gasteiger partial charge in [0.1, 0.15) is 17.5 Å². The summed E-state index contributed by atoms with van der Waals surface area (Å²) in [5, 5.41) is 3.18. The van der Waals surface area contributed by atoms with Crippen LogP contribution < -0.4 is 10.2 Å². The molecule has 1 aromatic heterocycles. The lowest BCUT2D eigenvalue weighted by atomic mass is 9.99. The van der Waals surface area contributed by atoms with Gasteiger partial charge >= 0.3 is 0 Å². The molecular weight excluding hydrogens is 224 g/mol. The van der Waals surface area contributed by atoms with Crippen LogP contribution in [0.15, 0.2) is 0 Å². The number of aromatic nitrogens is 2. The van der Waals surface area contributed by atoms with E-state index in [4.69, 9.17) is 4.98 Å². The van der Waals surface area contributed by atoms with E-state index in [2.05, 4.69) is 36.0 Å². The van der Waals surface area contributed by atoms with Crippen LogP contribution in [0.4, 0.5) is 11.6 Å². The van der Waals surface area contributed by atoms with Gasteiger partial charge in [0.05, 0.1) is 0 Å². The fourth-order valence-corrected chi connectivity index (χ4v) is 2.48. The van der Waals surface area contributed by atoms with Crippen LogP contribution in [0.3, 0.4) is 0 Å². The number of anilines is 2. The molecular formula is C14H24N4. The monoisotopic (exact) mass is 248 g/mol. The highest BCUT2D eigenvalue weighted by Crippen LogP contribution is 2.27. The summed E-state index contributed by atoms with van der Waals surface area (Å²) in [5.74, 6) is 3.87. The van der Waals surface area contributed by atoms with Crippen LogP contribution in [0.1, 0.15) is 38.1 Å². The molecule has 1 N–H and O–H groups in total. The summed E-state index contributed by atoms with van der Waals surface area (Å²) in [6.45, 7) is 8.78. The molecule has 0 atom stereocenters. The number of hydrogen-bond donors (Lipinski definition) is 1. The van der Waals surface area contributed by atoms with Crippen molar-refractivity contribution in [2.24, 2.45) is 5.92 Å². The van der Waals surface area contributed by atoms with E-state index in [9.17, 15) is 0 Å². The molecule has 4 heteroatoms. The molecule has 0 aromatic carbocycles. The molecule has 0 aliphatic carbocycles. The largest absolute Gasteiger partial charge is 0.373 e. The van der Waals surface area contributed by atoms with Gasteiger partial charge in [-0.2, -0.15) is 0 Å². The molecule has 2 heterocycles. The number of piperidine rings is 1. The Labute approximate surface area is 110 Å². The Morgan fingerprint density at radius 2 is 1.94 bits per heavy atom. The van der Waals surface area contributed by atoms with Gasteiger partial charge in [0.2, 0.25) is 0 Å². The van der Waals surface area contributed by atoms with Crippen LogP contribution >= 0.6 is 0 Å². The predicted molar refractivity (Wildman–Crippen MR) is 76.3 cm³/mol. The summed E-state index contributed by atoms with van der Waals surface area (Å²) in [4.78, 5) is 11.7. The summed E-state index contributed by atoms with van der Waals surface area (Å²) in [7, 11) is 1.93. The van der Waals surface area contributed by atoms with Crippen LogP contribution in [0, 0.1) is 12.8 Å². The Kier molecular flexibility index (Phi) is 4.04. The second-order valence-corrected chi connectivity index (χ2v) is 5.21. The average molecular weight is 248 g/mol. The highest BCUT2D eigenvalue weighted by molar-refractivity contribution is 5.58. The lowest BCUT2D eigenvalue weighted by Crippen LogP contribution is -2.34. The third kappa shape index (κ3) is 2.57. The van der Waals surface area contributed by atoms with Crippen molar-refractivity contribution in [2.75, 3.05) is 30.4 Å². The Hall–Kier alpha value is -1.32. The summed E-state index contributed by atoms with van der Waals surface area (Å²) in [6.07, 6.45) is 3.41. The Morgan fingerprint density at radius 1 is 1.28 bits per heavy atom. The van der Waals surface area contributed by atoms with Crippen molar-refractivity contribution in [3.05, 3.63) is 11.4 Å². The molecule has 1 aliphatic heterocycles. The molecule has 0 saturated carbocycles. The van der Waals surface area contributed by atoms with Crippen molar-refractivity contribution in [3.8, 4) is 0 Å². The molecule has 0 radical (unpaired) electrons. The molecule has 4 nitrogen and oxygen atoms in total. The fourth-order valence-electron chi connectivity index (χ4n) is 2.48. The van der Waals surface area contributed by atoms with E-state index >= 15 is 0 Å². The fraction of sp³-hybridized carbons (Fsp3) is 0.714. The first-order valence-electron chi connectivity index (χ1n) is 6.95. The first-order valence-corrected chi connectivity index (χ1v) is 6.95. The number of nitrogens with one attached hydrogen (secondary N) is 1. The zero-order valence-electron chi connectivity index (χ0n) is 12.0. The van der Waals surface area contributed by atoms with Crippen molar-refractivity contribution >= 4 is 11.6 Å². The number of hydrogen-bond acceptors (Lipinski definition) is 4. The average Bonchev–Trinajstić information content (AvgIpc) is 2.40.